The van der Waals surface area contributed by atoms with Crippen LogP contribution in [0.1, 0.15) is 29.5 Å². The summed E-state index contributed by atoms with van der Waals surface area (Å²) in [6, 6.07) is 17.8. The Labute approximate surface area is 148 Å². The molecule has 1 amide bonds. The van der Waals surface area contributed by atoms with Gasteiger partial charge in [0.05, 0.1) is 5.92 Å². The summed E-state index contributed by atoms with van der Waals surface area (Å²) < 4.78 is 0. The van der Waals surface area contributed by atoms with Gasteiger partial charge in [0.2, 0.25) is 5.91 Å². The molecule has 2 aromatic rings. The molecule has 0 bridgehead atoms. The molecule has 25 heavy (non-hydrogen) atoms. The van der Waals surface area contributed by atoms with Crippen LogP contribution in [0.3, 0.4) is 0 Å². The lowest BCUT2D eigenvalue weighted by Crippen LogP contribution is -2.34. The molecule has 2 rings (SSSR count). The van der Waals surface area contributed by atoms with Crippen LogP contribution < -0.4 is 5.32 Å². The Morgan fingerprint density at radius 1 is 1.00 bits per heavy atom. The molecule has 0 aliphatic rings. The van der Waals surface area contributed by atoms with E-state index in [9.17, 15) is 14.7 Å². The van der Waals surface area contributed by atoms with E-state index in [-0.39, 0.29) is 12.5 Å². The molecular weight excluding hydrogens is 314 g/mol. The zero-order valence-corrected chi connectivity index (χ0v) is 14.6. The quantitative estimate of drug-likeness (QED) is 0.736. The molecule has 0 fully saturated rings. The monoisotopic (exact) mass is 339 g/mol. The summed E-state index contributed by atoms with van der Waals surface area (Å²) in [5.41, 5.74) is 3.40. The van der Waals surface area contributed by atoms with E-state index in [1.807, 2.05) is 37.3 Å². The fraction of sp³-hybridized carbons (Fsp3) is 0.333. The third-order valence-corrected chi connectivity index (χ3v) is 4.21. The van der Waals surface area contributed by atoms with Crippen LogP contribution in [-0.2, 0) is 22.4 Å². The highest BCUT2D eigenvalue weighted by molar-refractivity contribution is 5.77. The van der Waals surface area contributed by atoms with Crippen LogP contribution in [0.2, 0.25) is 0 Å². The molecule has 0 radical (unpaired) electrons. The Morgan fingerprint density at radius 3 is 2.32 bits per heavy atom. The van der Waals surface area contributed by atoms with E-state index in [0.29, 0.717) is 12.8 Å². The average Bonchev–Trinajstić information content (AvgIpc) is 2.61. The normalized spacial score (nSPS) is 11.7. The lowest BCUT2D eigenvalue weighted by atomic mass is 9.99. The Hall–Kier alpha value is -2.62. The summed E-state index contributed by atoms with van der Waals surface area (Å²) in [6.07, 6.45) is 2.43. The number of hydrogen-bond acceptors (Lipinski definition) is 2. The fourth-order valence-electron chi connectivity index (χ4n) is 2.68. The first-order valence-corrected chi connectivity index (χ1v) is 8.63. The minimum absolute atomic E-state index is 0.0913. The molecule has 1 unspecified atom stereocenters. The molecular formula is C21H25NO3. The van der Waals surface area contributed by atoms with Crippen LogP contribution >= 0.6 is 0 Å². The Kier molecular flexibility index (Phi) is 7.20. The first kappa shape index (κ1) is 18.7. The molecule has 0 aliphatic heterocycles. The summed E-state index contributed by atoms with van der Waals surface area (Å²) >= 11 is 0. The van der Waals surface area contributed by atoms with E-state index in [4.69, 9.17) is 0 Å². The summed E-state index contributed by atoms with van der Waals surface area (Å²) in [4.78, 5) is 23.4. The van der Waals surface area contributed by atoms with Crippen molar-refractivity contribution >= 4 is 11.9 Å². The highest BCUT2D eigenvalue weighted by Gasteiger charge is 2.18. The second kappa shape index (κ2) is 9.62. The second-order valence-electron chi connectivity index (χ2n) is 6.37. The summed E-state index contributed by atoms with van der Waals surface area (Å²) in [5, 5.41) is 12.1. The van der Waals surface area contributed by atoms with Crippen LogP contribution in [0.4, 0.5) is 0 Å². The predicted molar refractivity (Wildman–Crippen MR) is 98.4 cm³/mol. The zero-order valence-electron chi connectivity index (χ0n) is 14.6. The molecule has 2 aromatic carbocycles. The molecule has 0 aromatic heterocycles. The van der Waals surface area contributed by atoms with Gasteiger partial charge in [0.15, 0.2) is 0 Å². The van der Waals surface area contributed by atoms with Gasteiger partial charge in [-0.1, -0.05) is 60.2 Å². The van der Waals surface area contributed by atoms with Gasteiger partial charge in [-0.25, -0.2) is 0 Å². The maximum absolute atomic E-state index is 12.0. The number of carboxylic acid groups (broad SMARTS) is 1. The van der Waals surface area contributed by atoms with Gasteiger partial charge < -0.3 is 10.4 Å². The lowest BCUT2D eigenvalue weighted by molar-refractivity contribution is -0.141. The number of aryl methyl sites for hydroxylation is 2. The largest absolute Gasteiger partial charge is 0.481 e. The van der Waals surface area contributed by atoms with Gasteiger partial charge >= 0.3 is 5.97 Å². The molecule has 2 N–H and O–H groups in total. The van der Waals surface area contributed by atoms with Crippen molar-refractivity contribution in [2.45, 2.75) is 32.6 Å². The fourth-order valence-corrected chi connectivity index (χ4v) is 2.68. The Balaban J connectivity index is 1.73. The molecule has 0 heterocycles. The average molecular weight is 339 g/mol. The van der Waals surface area contributed by atoms with Gasteiger partial charge in [-0.3, -0.25) is 9.59 Å². The maximum Gasteiger partial charge on any atom is 0.308 e. The van der Waals surface area contributed by atoms with Crippen LogP contribution in [0.5, 0.6) is 0 Å². The molecule has 4 heteroatoms. The smallest absolute Gasteiger partial charge is 0.308 e. The van der Waals surface area contributed by atoms with E-state index in [1.165, 1.54) is 11.1 Å². The van der Waals surface area contributed by atoms with Crippen molar-refractivity contribution < 1.29 is 14.7 Å². The number of aliphatic carboxylic acids is 1. The van der Waals surface area contributed by atoms with Crippen LogP contribution in [0.15, 0.2) is 54.6 Å². The molecule has 1 atom stereocenters. The minimum atomic E-state index is -0.885. The first-order chi connectivity index (χ1) is 12.0. The number of carbonyl (C=O) groups excluding carboxylic acids is 1. The lowest BCUT2D eigenvalue weighted by Gasteiger charge is -2.13. The van der Waals surface area contributed by atoms with Crippen LogP contribution in [0.25, 0.3) is 0 Å². The third-order valence-electron chi connectivity index (χ3n) is 4.21. The molecule has 0 spiro atoms. The van der Waals surface area contributed by atoms with E-state index in [0.717, 1.165) is 18.4 Å². The highest BCUT2D eigenvalue weighted by Crippen LogP contribution is 2.10. The number of amides is 1. The van der Waals surface area contributed by atoms with Gasteiger partial charge in [-0.05, 0) is 37.3 Å². The minimum Gasteiger partial charge on any atom is -0.481 e. The van der Waals surface area contributed by atoms with Crippen molar-refractivity contribution in [3.05, 3.63) is 71.3 Å². The van der Waals surface area contributed by atoms with Crippen molar-refractivity contribution in [1.82, 2.24) is 5.32 Å². The summed E-state index contributed by atoms with van der Waals surface area (Å²) in [6.45, 7) is 2.21. The second-order valence-corrected chi connectivity index (χ2v) is 6.37. The highest BCUT2D eigenvalue weighted by atomic mass is 16.4. The first-order valence-electron chi connectivity index (χ1n) is 8.63. The number of nitrogens with one attached hydrogen (secondary N) is 1. The van der Waals surface area contributed by atoms with Crippen molar-refractivity contribution in [2.24, 2.45) is 5.92 Å². The SMILES string of the molecule is Cc1ccc(CCCC(=O)NCC(Cc2ccccc2)C(=O)O)cc1. The van der Waals surface area contributed by atoms with Crippen molar-refractivity contribution in [3.8, 4) is 0 Å². The standard InChI is InChI=1S/C21H25NO3/c1-16-10-12-17(13-11-16)8-5-9-20(23)22-15-19(21(24)25)14-18-6-3-2-4-7-18/h2-4,6-7,10-13,19H,5,8-9,14-15H2,1H3,(H,22,23)(H,24,25). The number of benzene rings is 2. The van der Waals surface area contributed by atoms with E-state index in [1.54, 1.807) is 0 Å². The van der Waals surface area contributed by atoms with Crippen LogP contribution in [-0.4, -0.2) is 23.5 Å². The third kappa shape index (κ3) is 6.79. The molecule has 4 nitrogen and oxygen atoms in total. The number of carboxylic acids is 1. The van der Waals surface area contributed by atoms with Gasteiger partial charge in [0.1, 0.15) is 0 Å². The van der Waals surface area contributed by atoms with Crippen LogP contribution in [0, 0.1) is 12.8 Å². The van der Waals surface area contributed by atoms with Crippen molar-refractivity contribution in [3.63, 3.8) is 0 Å². The Morgan fingerprint density at radius 2 is 1.68 bits per heavy atom. The van der Waals surface area contributed by atoms with Gasteiger partial charge in [-0.15, -0.1) is 0 Å². The number of carbonyl (C=O) groups is 2. The topological polar surface area (TPSA) is 66.4 Å². The molecule has 0 aliphatic carbocycles. The maximum atomic E-state index is 12.0. The summed E-state index contributed by atoms with van der Waals surface area (Å²) in [7, 11) is 0. The van der Waals surface area contributed by atoms with E-state index >= 15 is 0 Å². The van der Waals surface area contributed by atoms with Gasteiger partial charge in [0.25, 0.3) is 0 Å². The van der Waals surface area contributed by atoms with Crippen molar-refractivity contribution in [2.75, 3.05) is 6.54 Å². The number of hydrogen-bond donors (Lipinski definition) is 2. The zero-order chi connectivity index (χ0) is 18.1. The summed E-state index contributed by atoms with van der Waals surface area (Å²) in [5.74, 6) is -1.58. The molecule has 132 valence electrons. The van der Waals surface area contributed by atoms with Gasteiger partial charge in [0, 0.05) is 13.0 Å². The molecule has 0 saturated heterocycles. The molecule has 0 saturated carbocycles. The van der Waals surface area contributed by atoms with Crippen molar-refractivity contribution in [1.29, 1.82) is 0 Å². The Bertz CT molecular complexity index is 680. The van der Waals surface area contributed by atoms with E-state index in [2.05, 4.69) is 29.6 Å². The van der Waals surface area contributed by atoms with Gasteiger partial charge in [-0.2, -0.15) is 0 Å². The number of rotatable bonds is 9. The predicted octanol–water partition coefficient (Wildman–Crippen LogP) is 3.38. The van der Waals surface area contributed by atoms with E-state index < -0.39 is 11.9 Å².